The van der Waals surface area contributed by atoms with Gasteiger partial charge in [-0.15, -0.1) is 0 Å². The topological polar surface area (TPSA) is 64.0 Å². The maximum atomic E-state index is 12.9. The van der Waals surface area contributed by atoms with Gasteiger partial charge in [-0.2, -0.15) is 0 Å². The first kappa shape index (κ1) is 20.3. The van der Waals surface area contributed by atoms with Crippen molar-refractivity contribution >= 4 is 5.91 Å². The highest BCUT2D eigenvalue weighted by molar-refractivity contribution is 5.86. The van der Waals surface area contributed by atoms with Crippen molar-refractivity contribution in [2.45, 2.75) is 50.5 Å². The molecule has 1 aromatic rings. The Morgan fingerprint density at radius 1 is 1.11 bits per heavy atom. The van der Waals surface area contributed by atoms with Crippen LogP contribution in [0.3, 0.4) is 0 Å². The number of carbonyl (C=O) groups excluding carboxylic acids is 1. The molecule has 2 aliphatic heterocycles. The minimum atomic E-state index is -1.23. The van der Waals surface area contributed by atoms with E-state index >= 15 is 0 Å². The molecule has 1 aromatic carbocycles. The van der Waals surface area contributed by atoms with Crippen LogP contribution in [0.5, 0.6) is 0 Å². The lowest BCUT2D eigenvalue weighted by atomic mass is 9.88. The van der Waals surface area contributed by atoms with Gasteiger partial charge in [0, 0.05) is 26.2 Å². The van der Waals surface area contributed by atoms with Crippen LogP contribution in [-0.4, -0.2) is 70.9 Å². The van der Waals surface area contributed by atoms with Crippen molar-refractivity contribution in [1.82, 2.24) is 9.80 Å². The van der Waals surface area contributed by atoms with Gasteiger partial charge in [-0.05, 0) is 69.5 Å². The lowest BCUT2D eigenvalue weighted by molar-refractivity contribution is -0.160. The van der Waals surface area contributed by atoms with E-state index in [1.165, 1.54) is 5.56 Å². The molecule has 0 spiro atoms. The standard InChI is InChI=1S/C22H34N2O3/c25-17-11-20-9-15-23(16-10-20)18-22(27)12-5-14-24(21(22)26)13-4-8-19-6-2-1-3-7-19/h1-3,6-7,20,25,27H,4-5,8-18H2/t22-/m0/s1. The van der Waals surface area contributed by atoms with Crippen LogP contribution >= 0.6 is 0 Å². The molecule has 0 radical (unpaired) electrons. The van der Waals surface area contributed by atoms with Gasteiger partial charge in [0.15, 0.2) is 5.60 Å². The maximum Gasteiger partial charge on any atom is 0.255 e. The summed E-state index contributed by atoms with van der Waals surface area (Å²) in [5.74, 6) is 0.497. The number of nitrogens with zero attached hydrogens (tertiary/aromatic N) is 2. The summed E-state index contributed by atoms with van der Waals surface area (Å²) in [5.41, 5.74) is 0.0670. The van der Waals surface area contributed by atoms with Gasteiger partial charge in [0.25, 0.3) is 5.91 Å². The van der Waals surface area contributed by atoms with E-state index in [1.807, 2.05) is 23.1 Å². The maximum absolute atomic E-state index is 12.9. The summed E-state index contributed by atoms with van der Waals surface area (Å²) in [6.45, 7) is 4.00. The summed E-state index contributed by atoms with van der Waals surface area (Å²) < 4.78 is 0. The van der Waals surface area contributed by atoms with Gasteiger partial charge in [-0.3, -0.25) is 9.69 Å². The normalized spacial score (nSPS) is 25.1. The first-order chi connectivity index (χ1) is 13.1. The lowest BCUT2D eigenvalue weighted by Gasteiger charge is -2.42. The third-order valence-corrected chi connectivity index (χ3v) is 6.17. The monoisotopic (exact) mass is 374 g/mol. The molecule has 1 amide bonds. The number of β-amino-alcohol motifs (C(OH)–C–C–N with tert-alkyl or cyclic N) is 1. The summed E-state index contributed by atoms with van der Waals surface area (Å²) in [7, 11) is 0. The fourth-order valence-electron chi connectivity index (χ4n) is 4.53. The molecule has 27 heavy (non-hydrogen) atoms. The van der Waals surface area contributed by atoms with Crippen molar-refractivity contribution < 1.29 is 15.0 Å². The summed E-state index contributed by atoms with van der Waals surface area (Å²) >= 11 is 0. The van der Waals surface area contributed by atoms with Crippen molar-refractivity contribution in [3.8, 4) is 0 Å². The number of hydrogen-bond acceptors (Lipinski definition) is 4. The van der Waals surface area contributed by atoms with Gasteiger partial charge < -0.3 is 15.1 Å². The SMILES string of the molecule is O=C1N(CCCc2ccccc2)CCC[C@]1(O)CN1CCC(CCO)CC1. The van der Waals surface area contributed by atoms with E-state index in [0.717, 1.165) is 58.2 Å². The predicted octanol–water partition coefficient (Wildman–Crippen LogP) is 2.07. The zero-order valence-corrected chi connectivity index (χ0v) is 16.4. The van der Waals surface area contributed by atoms with Crippen LogP contribution in [0.1, 0.15) is 44.1 Å². The molecule has 0 saturated carbocycles. The van der Waals surface area contributed by atoms with Crippen molar-refractivity contribution in [2.24, 2.45) is 5.92 Å². The van der Waals surface area contributed by atoms with E-state index < -0.39 is 5.60 Å². The van der Waals surface area contributed by atoms with Crippen molar-refractivity contribution in [2.75, 3.05) is 39.3 Å². The zero-order valence-electron chi connectivity index (χ0n) is 16.4. The molecular formula is C22H34N2O3. The van der Waals surface area contributed by atoms with Crippen LogP contribution in [0.4, 0.5) is 0 Å². The van der Waals surface area contributed by atoms with Crippen LogP contribution in [0.15, 0.2) is 30.3 Å². The van der Waals surface area contributed by atoms with Gasteiger partial charge in [-0.25, -0.2) is 0 Å². The van der Waals surface area contributed by atoms with Crippen molar-refractivity contribution in [3.63, 3.8) is 0 Å². The Morgan fingerprint density at radius 3 is 2.56 bits per heavy atom. The number of likely N-dealkylation sites (tertiary alicyclic amines) is 2. The highest BCUT2D eigenvalue weighted by atomic mass is 16.3. The molecule has 2 saturated heterocycles. The zero-order chi connectivity index (χ0) is 19.1. The highest BCUT2D eigenvalue weighted by Gasteiger charge is 2.43. The molecule has 2 N–H and O–H groups in total. The Bertz CT molecular complexity index is 586. The summed E-state index contributed by atoms with van der Waals surface area (Å²) in [5, 5.41) is 20.2. The second-order valence-electron chi connectivity index (χ2n) is 8.25. The Kier molecular flexibility index (Phi) is 7.27. The van der Waals surface area contributed by atoms with Crippen LogP contribution < -0.4 is 0 Å². The van der Waals surface area contributed by atoms with E-state index in [0.29, 0.717) is 25.4 Å². The van der Waals surface area contributed by atoms with Gasteiger partial charge in [-0.1, -0.05) is 30.3 Å². The van der Waals surface area contributed by atoms with Gasteiger partial charge >= 0.3 is 0 Å². The number of rotatable bonds is 8. The molecule has 5 heteroatoms. The second-order valence-corrected chi connectivity index (χ2v) is 8.25. The smallest absolute Gasteiger partial charge is 0.255 e. The molecule has 2 aliphatic rings. The number of aliphatic hydroxyl groups is 2. The highest BCUT2D eigenvalue weighted by Crippen LogP contribution is 2.27. The van der Waals surface area contributed by atoms with Crippen LogP contribution in [0.25, 0.3) is 0 Å². The largest absolute Gasteiger partial charge is 0.396 e. The van der Waals surface area contributed by atoms with Gasteiger partial charge in [0.2, 0.25) is 0 Å². The van der Waals surface area contributed by atoms with Gasteiger partial charge in [0.05, 0.1) is 0 Å². The van der Waals surface area contributed by atoms with E-state index in [4.69, 9.17) is 5.11 Å². The van der Waals surface area contributed by atoms with Crippen LogP contribution in [0.2, 0.25) is 0 Å². The Morgan fingerprint density at radius 2 is 1.85 bits per heavy atom. The minimum Gasteiger partial charge on any atom is -0.396 e. The van der Waals surface area contributed by atoms with E-state index in [2.05, 4.69) is 17.0 Å². The molecular weight excluding hydrogens is 340 g/mol. The van der Waals surface area contributed by atoms with Crippen LogP contribution in [0, 0.1) is 5.92 Å². The molecule has 0 bridgehead atoms. The molecule has 5 nitrogen and oxygen atoms in total. The first-order valence-electron chi connectivity index (χ1n) is 10.5. The summed E-state index contributed by atoms with van der Waals surface area (Å²) in [6.07, 6.45) is 6.29. The number of carbonyl (C=O) groups is 1. The Labute approximate surface area is 163 Å². The number of aliphatic hydroxyl groups excluding tert-OH is 1. The fraction of sp³-hybridized carbons (Fsp3) is 0.682. The minimum absolute atomic E-state index is 0.0840. The van der Waals surface area contributed by atoms with E-state index in [9.17, 15) is 9.90 Å². The molecule has 0 aromatic heterocycles. The molecule has 150 valence electrons. The Balaban J connectivity index is 1.48. The predicted molar refractivity (Wildman–Crippen MR) is 106 cm³/mol. The molecule has 1 atom stereocenters. The first-order valence-corrected chi connectivity index (χ1v) is 10.5. The third kappa shape index (κ3) is 5.53. The molecule has 0 unspecified atom stereocenters. The fourth-order valence-corrected chi connectivity index (χ4v) is 4.53. The summed E-state index contributed by atoms with van der Waals surface area (Å²) in [4.78, 5) is 17.0. The quantitative estimate of drug-likeness (QED) is 0.731. The average molecular weight is 375 g/mol. The average Bonchev–Trinajstić information content (AvgIpc) is 2.68. The molecule has 3 rings (SSSR count). The number of benzene rings is 1. The lowest BCUT2D eigenvalue weighted by Crippen LogP contribution is -2.59. The molecule has 0 aliphatic carbocycles. The van der Waals surface area contributed by atoms with Gasteiger partial charge in [0.1, 0.15) is 0 Å². The molecule has 2 heterocycles. The number of piperidine rings is 2. The van der Waals surface area contributed by atoms with E-state index in [1.54, 1.807) is 0 Å². The molecule has 2 fully saturated rings. The van der Waals surface area contributed by atoms with Crippen molar-refractivity contribution in [3.05, 3.63) is 35.9 Å². The number of amides is 1. The van der Waals surface area contributed by atoms with E-state index in [-0.39, 0.29) is 12.5 Å². The number of aryl methyl sites for hydroxylation is 1. The Hall–Kier alpha value is -1.43. The second kappa shape index (κ2) is 9.67. The van der Waals surface area contributed by atoms with Crippen LogP contribution in [-0.2, 0) is 11.2 Å². The third-order valence-electron chi connectivity index (χ3n) is 6.17. The van der Waals surface area contributed by atoms with Crippen molar-refractivity contribution in [1.29, 1.82) is 0 Å². The summed E-state index contributed by atoms with van der Waals surface area (Å²) in [6, 6.07) is 10.3. The number of hydrogen-bond donors (Lipinski definition) is 2.